The van der Waals surface area contributed by atoms with E-state index in [1.165, 1.54) is 0 Å². The smallest absolute Gasteiger partial charge is 0.307 e. The number of carbonyl (C=O) groups is 2. The Balaban J connectivity index is 2.04. The number of hydrogen-bond acceptors (Lipinski definition) is 5. The number of benzene rings is 1. The fourth-order valence-electron chi connectivity index (χ4n) is 2.45. The summed E-state index contributed by atoms with van der Waals surface area (Å²) in [5.41, 5.74) is 1.99. The molecule has 0 unspecified atom stereocenters. The Hall–Kier alpha value is -2.89. The Bertz CT molecular complexity index is 812. The number of carbonyl (C=O) groups excluding carboxylic acids is 2. The van der Waals surface area contributed by atoms with Crippen LogP contribution in [0.1, 0.15) is 39.7 Å². The summed E-state index contributed by atoms with van der Waals surface area (Å²) in [6, 6.07) is 11.4. The predicted octanol–water partition coefficient (Wildman–Crippen LogP) is 4.44. The van der Waals surface area contributed by atoms with E-state index in [0.29, 0.717) is 11.5 Å². The Morgan fingerprint density at radius 3 is 2.59 bits per heavy atom. The molecule has 1 aromatic carbocycles. The van der Waals surface area contributed by atoms with Crippen LogP contribution >= 0.6 is 0 Å². The molecule has 144 valence electrons. The van der Waals surface area contributed by atoms with Crippen LogP contribution in [0.5, 0.6) is 0 Å². The van der Waals surface area contributed by atoms with Gasteiger partial charge in [-0.2, -0.15) is 0 Å². The Morgan fingerprint density at radius 2 is 1.93 bits per heavy atom. The van der Waals surface area contributed by atoms with E-state index in [1.54, 1.807) is 46.0 Å². The van der Waals surface area contributed by atoms with E-state index in [4.69, 9.17) is 4.74 Å². The zero-order valence-corrected chi connectivity index (χ0v) is 16.5. The third-order valence-electron chi connectivity index (χ3n) is 3.69. The second-order valence-electron chi connectivity index (χ2n) is 7.57. The third-order valence-corrected chi connectivity index (χ3v) is 3.69. The highest BCUT2D eigenvalue weighted by atomic mass is 16.6. The number of aryl methyl sites for hydroxylation is 1. The van der Waals surface area contributed by atoms with E-state index in [-0.39, 0.29) is 12.3 Å². The van der Waals surface area contributed by atoms with Crippen LogP contribution in [-0.2, 0) is 14.3 Å². The molecule has 2 rings (SSSR count). The Morgan fingerprint density at radius 1 is 1.19 bits per heavy atom. The van der Waals surface area contributed by atoms with Crippen molar-refractivity contribution in [2.24, 2.45) is 5.92 Å². The second-order valence-corrected chi connectivity index (χ2v) is 7.57. The van der Waals surface area contributed by atoms with Gasteiger partial charge < -0.3 is 15.4 Å². The molecule has 1 heterocycles. The van der Waals surface area contributed by atoms with Gasteiger partial charge in [-0.05, 0) is 57.5 Å². The van der Waals surface area contributed by atoms with Gasteiger partial charge in [-0.1, -0.05) is 19.1 Å². The summed E-state index contributed by atoms with van der Waals surface area (Å²) in [5, 5.41) is 6.05. The van der Waals surface area contributed by atoms with E-state index in [9.17, 15) is 9.59 Å². The lowest BCUT2D eigenvalue weighted by molar-refractivity contribution is -0.156. The van der Waals surface area contributed by atoms with E-state index in [2.05, 4.69) is 15.6 Å². The molecule has 1 aromatic heterocycles. The SMILES string of the molecule is Cc1cccc(Nc2ncccc2NC(=O)[C@H](C)CC(=O)OC(C)(C)C)c1. The normalized spacial score (nSPS) is 12.2. The summed E-state index contributed by atoms with van der Waals surface area (Å²) in [7, 11) is 0. The van der Waals surface area contributed by atoms with Gasteiger partial charge in [0.2, 0.25) is 5.91 Å². The van der Waals surface area contributed by atoms with Crippen molar-refractivity contribution in [3.63, 3.8) is 0 Å². The van der Waals surface area contributed by atoms with Crippen molar-refractivity contribution in [1.82, 2.24) is 4.98 Å². The first-order valence-electron chi connectivity index (χ1n) is 8.95. The van der Waals surface area contributed by atoms with Crippen molar-refractivity contribution < 1.29 is 14.3 Å². The van der Waals surface area contributed by atoms with Gasteiger partial charge in [0.15, 0.2) is 5.82 Å². The molecule has 6 nitrogen and oxygen atoms in total. The number of ether oxygens (including phenoxy) is 1. The van der Waals surface area contributed by atoms with Crippen LogP contribution in [0.3, 0.4) is 0 Å². The maximum absolute atomic E-state index is 12.5. The van der Waals surface area contributed by atoms with Crippen molar-refractivity contribution in [3.8, 4) is 0 Å². The largest absolute Gasteiger partial charge is 0.460 e. The molecule has 2 aromatic rings. The van der Waals surface area contributed by atoms with Crippen LogP contribution in [0.4, 0.5) is 17.2 Å². The van der Waals surface area contributed by atoms with Crippen molar-refractivity contribution in [1.29, 1.82) is 0 Å². The lowest BCUT2D eigenvalue weighted by Gasteiger charge is -2.21. The first-order chi connectivity index (χ1) is 12.6. The molecule has 0 aliphatic carbocycles. The van der Waals surface area contributed by atoms with Crippen LogP contribution in [0.25, 0.3) is 0 Å². The van der Waals surface area contributed by atoms with Gasteiger partial charge in [-0.15, -0.1) is 0 Å². The molecule has 0 spiro atoms. The molecule has 0 saturated heterocycles. The van der Waals surface area contributed by atoms with Crippen molar-refractivity contribution in [2.45, 2.75) is 46.6 Å². The minimum Gasteiger partial charge on any atom is -0.460 e. The summed E-state index contributed by atoms with van der Waals surface area (Å²) in [6.07, 6.45) is 1.67. The maximum atomic E-state index is 12.5. The highest BCUT2D eigenvalue weighted by Crippen LogP contribution is 2.24. The minimum atomic E-state index is -0.568. The van der Waals surface area contributed by atoms with E-state index in [1.807, 2.05) is 31.2 Å². The third kappa shape index (κ3) is 6.73. The standard InChI is InChI=1S/C21H27N3O3/c1-14-8-6-9-16(12-14)23-19-17(10-7-11-22-19)24-20(26)15(2)13-18(25)27-21(3,4)5/h6-12,15H,13H2,1-5H3,(H,22,23)(H,24,26)/t15-/m1/s1. The number of rotatable bonds is 6. The summed E-state index contributed by atoms with van der Waals surface area (Å²) in [6.45, 7) is 9.10. The van der Waals surface area contributed by atoms with Gasteiger partial charge in [0.25, 0.3) is 0 Å². The molecule has 0 fully saturated rings. The summed E-state index contributed by atoms with van der Waals surface area (Å²) in [4.78, 5) is 28.7. The Labute approximate surface area is 160 Å². The second kappa shape index (κ2) is 8.66. The molecule has 6 heteroatoms. The van der Waals surface area contributed by atoms with Crippen LogP contribution in [0, 0.1) is 12.8 Å². The number of nitrogens with one attached hydrogen (secondary N) is 2. The number of pyridine rings is 1. The summed E-state index contributed by atoms with van der Waals surface area (Å²) in [5.74, 6) is -0.636. The first-order valence-corrected chi connectivity index (χ1v) is 8.95. The zero-order chi connectivity index (χ0) is 20.0. The Kier molecular flexibility index (Phi) is 6.55. The number of aromatic nitrogens is 1. The molecule has 2 N–H and O–H groups in total. The van der Waals surface area contributed by atoms with Crippen molar-refractivity contribution >= 4 is 29.1 Å². The maximum Gasteiger partial charge on any atom is 0.307 e. The number of esters is 1. The van der Waals surface area contributed by atoms with Gasteiger partial charge in [-0.25, -0.2) is 4.98 Å². The van der Waals surface area contributed by atoms with E-state index < -0.39 is 17.5 Å². The summed E-state index contributed by atoms with van der Waals surface area (Å²) >= 11 is 0. The number of nitrogens with zero attached hydrogens (tertiary/aromatic N) is 1. The number of amides is 1. The van der Waals surface area contributed by atoms with Crippen LogP contribution < -0.4 is 10.6 Å². The first kappa shape index (κ1) is 20.4. The minimum absolute atomic E-state index is 0.0179. The van der Waals surface area contributed by atoms with Crippen LogP contribution in [0.2, 0.25) is 0 Å². The van der Waals surface area contributed by atoms with Crippen LogP contribution in [-0.4, -0.2) is 22.5 Å². The molecule has 0 aliphatic heterocycles. The molecule has 27 heavy (non-hydrogen) atoms. The van der Waals surface area contributed by atoms with Gasteiger partial charge in [0.1, 0.15) is 5.60 Å². The van der Waals surface area contributed by atoms with E-state index >= 15 is 0 Å². The molecule has 0 bridgehead atoms. The van der Waals surface area contributed by atoms with Crippen molar-refractivity contribution in [3.05, 3.63) is 48.2 Å². The lowest BCUT2D eigenvalue weighted by atomic mass is 10.1. The quantitative estimate of drug-likeness (QED) is 0.736. The van der Waals surface area contributed by atoms with E-state index in [0.717, 1.165) is 11.3 Å². The fraction of sp³-hybridized carbons (Fsp3) is 0.381. The fourth-order valence-corrected chi connectivity index (χ4v) is 2.45. The average molecular weight is 369 g/mol. The average Bonchev–Trinajstić information content (AvgIpc) is 2.54. The molecular weight excluding hydrogens is 342 g/mol. The van der Waals surface area contributed by atoms with Gasteiger partial charge >= 0.3 is 5.97 Å². The molecule has 1 amide bonds. The van der Waals surface area contributed by atoms with Crippen molar-refractivity contribution in [2.75, 3.05) is 10.6 Å². The highest BCUT2D eigenvalue weighted by molar-refractivity contribution is 5.96. The topological polar surface area (TPSA) is 80.3 Å². The lowest BCUT2D eigenvalue weighted by Crippen LogP contribution is -2.28. The predicted molar refractivity (Wildman–Crippen MR) is 107 cm³/mol. The molecular formula is C21H27N3O3. The molecule has 0 aliphatic rings. The molecule has 0 saturated carbocycles. The monoisotopic (exact) mass is 369 g/mol. The molecule has 1 atom stereocenters. The summed E-state index contributed by atoms with van der Waals surface area (Å²) < 4.78 is 5.28. The number of hydrogen-bond donors (Lipinski definition) is 2. The van der Waals surface area contributed by atoms with Gasteiger partial charge in [-0.3, -0.25) is 9.59 Å². The van der Waals surface area contributed by atoms with Gasteiger partial charge in [0, 0.05) is 17.8 Å². The number of anilines is 3. The van der Waals surface area contributed by atoms with Gasteiger partial charge in [0.05, 0.1) is 12.1 Å². The molecule has 0 radical (unpaired) electrons. The highest BCUT2D eigenvalue weighted by Gasteiger charge is 2.22. The van der Waals surface area contributed by atoms with Crippen LogP contribution in [0.15, 0.2) is 42.6 Å². The zero-order valence-electron chi connectivity index (χ0n) is 16.5.